The van der Waals surface area contributed by atoms with E-state index in [9.17, 15) is 9.18 Å². The summed E-state index contributed by atoms with van der Waals surface area (Å²) in [6, 6.07) is 13.6. The number of fused-ring (bicyclic) bond motifs is 5. The van der Waals surface area contributed by atoms with E-state index in [4.69, 9.17) is 4.74 Å². The average Bonchev–Trinajstić information content (AvgIpc) is 3.20. The first-order chi connectivity index (χ1) is 12.7. The largest absolute Gasteiger partial charge is 0.368 e. The maximum atomic E-state index is 14.0. The number of nitrogens with zero attached hydrogens (tertiary/aromatic N) is 1. The second-order valence-electron chi connectivity index (χ2n) is 7.76. The number of carbonyl (C=O) groups is 1. The molecular weight excluding hydrogens is 329 g/mol. The van der Waals surface area contributed by atoms with Crippen LogP contribution in [0.5, 0.6) is 0 Å². The van der Waals surface area contributed by atoms with Gasteiger partial charge in [0.05, 0.1) is 18.8 Å². The number of ketones is 1. The van der Waals surface area contributed by atoms with Crippen molar-refractivity contribution in [1.29, 1.82) is 0 Å². The predicted molar refractivity (Wildman–Crippen MR) is 96.7 cm³/mol. The van der Waals surface area contributed by atoms with Crippen LogP contribution in [0.15, 0.2) is 42.5 Å². The Bertz CT molecular complexity index is 865. The highest BCUT2D eigenvalue weighted by molar-refractivity contribution is 5.82. The number of rotatable bonds is 2. The highest BCUT2D eigenvalue weighted by atomic mass is 19.1. The van der Waals surface area contributed by atoms with E-state index in [0.717, 1.165) is 37.1 Å². The van der Waals surface area contributed by atoms with Gasteiger partial charge in [-0.05, 0) is 47.2 Å². The summed E-state index contributed by atoms with van der Waals surface area (Å²) in [7, 11) is 0. The molecule has 2 saturated heterocycles. The Balaban J connectivity index is 1.50. The van der Waals surface area contributed by atoms with E-state index in [1.54, 1.807) is 12.1 Å². The number of ether oxygens (including phenoxy) is 1. The van der Waals surface area contributed by atoms with Crippen molar-refractivity contribution in [2.45, 2.75) is 37.4 Å². The van der Waals surface area contributed by atoms with Crippen molar-refractivity contribution in [3.05, 3.63) is 70.5 Å². The maximum absolute atomic E-state index is 14.0. The van der Waals surface area contributed by atoms with Crippen molar-refractivity contribution in [2.24, 2.45) is 0 Å². The van der Waals surface area contributed by atoms with Crippen molar-refractivity contribution in [3.8, 4) is 0 Å². The Morgan fingerprint density at radius 1 is 1.12 bits per heavy atom. The topological polar surface area (TPSA) is 29.5 Å². The number of hydrogen-bond donors (Lipinski definition) is 0. The van der Waals surface area contributed by atoms with Gasteiger partial charge in [-0.15, -0.1) is 0 Å². The molecule has 2 heterocycles. The molecule has 26 heavy (non-hydrogen) atoms. The molecule has 0 unspecified atom stereocenters. The standard InChI is InChI=1S/C22H22FNO2/c23-16-6-5-15-9-14-3-1-2-4-19(14)21-11-18(26-22(21)20(15)10-16)13-24-8-7-17(25)12-24/h1-6,10,18,21-22H,7-9,11-13H2/t18-,21-,22+/m1/s1. The summed E-state index contributed by atoms with van der Waals surface area (Å²) >= 11 is 0. The van der Waals surface area contributed by atoms with Crippen LogP contribution in [-0.4, -0.2) is 36.4 Å². The number of halogens is 1. The minimum atomic E-state index is -0.203. The summed E-state index contributed by atoms with van der Waals surface area (Å²) in [5.41, 5.74) is 4.79. The molecule has 0 saturated carbocycles. The molecule has 3 nitrogen and oxygen atoms in total. The molecule has 2 aromatic rings. The Kier molecular flexibility index (Phi) is 3.91. The second kappa shape index (κ2) is 6.29. The quantitative estimate of drug-likeness (QED) is 0.828. The Morgan fingerprint density at radius 3 is 2.81 bits per heavy atom. The Hall–Kier alpha value is -2.04. The SMILES string of the molecule is O=C1CCN(C[C@H]2C[C@@H]3c4ccccc4Cc4ccc(F)cc4[C@@H]3O2)C1. The van der Waals surface area contributed by atoms with E-state index in [1.165, 1.54) is 11.1 Å². The van der Waals surface area contributed by atoms with Crippen LogP contribution >= 0.6 is 0 Å². The van der Waals surface area contributed by atoms with Crippen molar-refractivity contribution < 1.29 is 13.9 Å². The first kappa shape index (κ1) is 16.2. The molecule has 3 atom stereocenters. The van der Waals surface area contributed by atoms with Crippen molar-refractivity contribution in [3.63, 3.8) is 0 Å². The maximum Gasteiger partial charge on any atom is 0.148 e. The van der Waals surface area contributed by atoms with E-state index < -0.39 is 0 Å². The van der Waals surface area contributed by atoms with Gasteiger partial charge in [0.15, 0.2) is 0 Å². The van der Waals surface area contributed by atoms with Crippen LogP contribution in [0, 0.1) is 5.82 Å². The van der Waals surface area contributed by atoms with Crippen LogP contribution in [0.4, 0.5) is 4.39 Å². The lowest BCUT2D eigenvalue weighted by atomic mass is 9.87. The van der Waals surface area contributed by atoms with Gasteiger partial charge in [-0.1, -0.05) is 30.3 Å². The molecule has 0 radical (unpaired) electrons. The number of Topliss-reactive ketones (excluding diaryl/α,β-unsaturated/α-hetero) is 1. The molecule has 2 fully saturated rings. The minimum absolute atomic E-state index is 0.0816. The molecule has 3 aliphatic rings. The average molecular weight is 351 g/mol. The summed E-state index contributed by atoms with van der Waals surface area (Å²) < 4.78 is 20.4. The van der Waals surface area contributed by atoms with Crippen LogP contribution in [0.3, 0.4) is 0 Å². The van der Waals surface area contributed by atoms with Crippen LogP contribution in [0.1, 0.15) is 47.1 Å². The van der Waals surface area contributed by atoms with Crippen LogP contribution in [-0.2, 0) is 16.0 Å². The summed E-state index contributed by atoms with van der Waals surface area (Å²) in [5.74, 6) is 0.359. The van der Waals surface area contributed by atoms with Crippen LogP contribution in [0.25, 0.3) is 0 Å². The van der Waals surface area contributed by atoms with Crippen molar-refractivity contribution in [2.75, 3.05) is 19.6 Å². The lowest BCUT2D eigenvalue weighted by Gasteiger charge is -2.21. The van der Waals surface area contributed by atoms with Gasteiger partial charge in [-0.3, -0.25) is 9.69 Å². The zero-order chi connectivity index (χ0) is 17.7. The molecule has 0 aromatic heterocycles. The molecule has 5 rings (SSSR count). The number of hydrogen-bond acceptors (Lipinski definition) is 3. The Morgan fingerprint density at radius 2 is 1.96 bits per heavy atom. The monoisotopic (exact) mass is 351 g/mol. The van der Waals surface area contributed by atoms with Crippen molar-refractivity contribution in [1.82, 2.24) is 4.90 Å². The lowest BCUT2D eigenvalue weighted by Crippen LogP contribution is -2.30. The number of carbonyl (C=O) groups excluding carboxylic acids is 1. The molecule has 0 bridgehead atoms. The van der Waals surface area contributed by atoms with E-state index in [1.807, 2.05) is 6.07 Å². The summed E-state index contributed by atoms with van der Waals surface area (Å²) in [4.78, 5) is 13.8. The van der Waals surface area contributed by atoms with Crippen LogP contribution in [0.2, 0.25) is 0 Å². The van der Waals surface area contributed by atoms with Gasteiger partial charge in [-0.2, -0.15) is 0 Å². The summed E-state index contributed by atoms with van der Waals surface area (Å²) in [5, 5.41) is 0. The fraction of sp³-hybridized carbons (Fsp3) is 0.409. The van der Waals surface area contributed by atoms with Gasteiger partial charge in [-0.25, -0.2) is 4.39 Å². The molecule has 4 heteroatoms. The highest BCUT2D eigenvalue weighted by Gasteiger charge is 2.41. The molecule has 0 amide bonds. The minimum Gasteiger partial charge on any atom is -0.368 e. The summed E-state index contributed by atoms with van der Waals surface area (Å²) in [6.07, 6.45) is 2.37. The molecule has 2 aliphatic heterocycles. The highest BCUT2D eigenvalue weighted by Crippen LogP contribution is 2.49. The molecular formula is C22H22FNO2. The van der Waals surface area contributed by atoms with Gasteiger partial charge in [0, 0.05) is 25.4 Å². The fourth-order valence-electron chi connectivity index (χ4n) is 4.85. The molecule has 0 spiro atoms. The van der Waals surface area contributed by atoms with Crippen LogP contribution < -0.4 is 0 Å². The van der Waals surface area contributed by atoms with E-state index in [2.05, 4.69) is 29.2 Å². The first-order valence-corrected chi connectivity index (χ1v) is 9.43. The summed E-state index contributed by atoms with van der Waals surface area (Å²) in [6.45, 7) is 2.15. The predicted octanol–water partition coefficient (Wildman–Crippen LogP) is 3.62. The fourth-order valence-corrected chi connectivity index (χ4v) is 4.85. The second-order valence-corrected chi connectivity index (χ2v) is 7.76. The van der Waals surface area contributed by atoms with E-state index in [-0.39, 0.29) is 23.9 Å². The third-order valence-corrected chi connectivity index (χ3v) is 6.04. The number of likely N-dealkylation sites (tertiary alicyclic amines) is 1. The third kappa shape index (κ3) is 2.78. The molecule has 2 aromatic carbocycles. The zero-order valence-corrected chi connectivity index (χ0v) is 14.7. The van der Waals surface area contributed by atoms with E-state index in [0.29, 0.717) is 18.7 Å². The number of benzene rings is 2. The zero-order valence-electron chi connectivity index (χ0n) is 14.7. The third-order valence-electron chi connectivity index (χ3n) is 6.04. The van der Waals surface area contributed by atoms with Gasteiger partial charge in [0.25, 0.3) is 0 Å². The molecule has 0 N–H and O–H groups in total. The first-order valence-electron chi connectivity index (χ1n) is 9.43. The van der Waals surface area contributed by atoms with Gasteiger partial charge in [0.2, 0.25) is 0 Å². The van der Waals surface area contributed by atoms with E-state index >= 15 is 0 Å². The van der Waals surface area contributed by atoms with Crippen molar-refractivity contribution >= 4 is 5.78 Å². The van der Waals surface area contributed by atoms with Gasteiger partial charge in [0.1, 0.15) is 11.6 Å². The van der Waals surface area contributed by atoms with Gasteiger partial charge >= 0.3 is 0 Å². The smallest absolute Gasteiger partial charge is 0.148 e. The molecule has 134 valence electrons. The lowest BCUT2D eigenvalue weighted by molar-refractivity contribution is -0.117. The van der Waals surface area contributed by atoms with Gasteiger partial charge < -0.3 is 4.74 Å². The Labute approximate surface area is 152 Å². The molecule has 1 aliphatic carbocycles. The normalized spacial score (nSPS) is 27.7.